The molecule has 1 aromatic heterocycles. The van der Waals surface area contributed by atoms with E-state index in [4.69, 9.17) is 9.72 Å². The summed E-state index contributed by atoms with van der Waals surface area (Å²) in [6.45, 7) is 4.39. The number of H-pyrrole nitrogens is 1. The highest BCUT2D eigenvalue weighted by Crippen LogP contribution is 2.42. The monoisotopic (exact) mass is 506 g/mol. The van der Waals surface area contributed by atoms with Crippen LogP contribution in [-0.4, -0.2) is 34.4 Å². The number of hydrogen-bond donors (Lipinski definition) is 2. The van der Waals surface area contributed by atoms with Crippen LogP contribution in [0.15, 0.2) is 72.8 Å². The van der Waals surface area contributed by atoms with Crippen LogP contribution in [0, 0.1) is 0 Å². The highest BCUT2D eigenvalue weighted by atomic mass is 16.5. The molecule has 0 radical (unpaired) electrons. The van der Waals surface area contributed by atoms with E-state index in [1.807, 2.05) is 49.1 Å². The van der Waals surface area contributed by atoms with Gasteiger partial charge in [0.25, 0.3) is 11.8 Å². The predicted molar refractivity (Wildman–Crippen MR) is 148 cm³/mol. The summed E-state index contributed by atoms with van der Waals surface area (Å²) in [4.78, 5) is 36.9. The Kier molecular flexibility index (Phi) is 6.19. The molecule has 1 aliphatic heterocycles. The van der Waals surface area contributed by atoms with Crippen molar-refractivity contribution in [1.82, 2.24) is 9.97 Å². The van der Waals surface area contributed by atoms with E-state index in [1.54, 1.807) is 42.5 Å². The summed E-state index contributed by atoms with van der Waals surface area (Å²) in [6, 6.07) is 22.2. The van der Waals surface area contributed by atoms with Crippen LogP contribution in [0.5, 0.6) is 5.75 Å². The third kappa shape index (κ3) is 4.67. The highest BCUT2D eigenvalue weighted by molar-refractivity contribution is 6.09. The molecule has 0 saturated heterocycles. The molecule has 7 heteroatoms. The fourth-order valence-corrected chi connectivity index (χ4v) is 4.91. The summed E-state index contributed by atoms with van der Waals surface area (Å²) in [7, 11) is 0. The van der Waals surface area contributed by atoms with E-state index < -0.39 is 0 Å². The average Bonchev–Trinajstić information content (AvgIpc) is 3.71. The first-order chi connectivity index (χ1) is 18.5. The van der Waals surface area contributed by atoms with Gasteiger partial charge in [0, 0.05) is 35.7 Å². The SMILES string of the molecule is CC(C)Oc1ccccc1C(=O)Nc1ccc(C(=O)N2CCc3nc(C4CC4)[nH]c3-c3ccccc32)cc1. The maximum atomic E-state index is 13.7. The number of amides is 2. The Labute approximate surface area is 221 Å². The molecule has 38 heavy (non-hydrogen) atoms. The summed E-state index contributed by atoms with van der Waals surface area (Å²) < 4.78 is 5.78. The number of anilines is 2. The fraction of sp³-hybridized carbons (Fsp3) is 0.258. The summed E-state index contributed by atoms with van der Waals surface area (Å²) in [6.07, 6.45) is 3.02. The smallest absolute Gasteiger partial charge is 0.259 e. The number of ether oxygens (including phenoxy) is 1. The largest absolute Gasteiger partial charge is 0.490 e. The van der Waals surface area contributed by atoms with Gasteiger partial charge in [0.05, 0.1) is 28.7 Å². The molecule has 2 aliphatic rings. The number of imidazole rings is 1. The number of benzene rings is 3. The molecule has 2 heterocycles. The Morgan fingerprint density at radius 2 is 1.74 bits per heavy atom. The molecular weight excluding hydrogens is 476 g/mol. The number of carbonyl (C=O) groups is 2. The second-order valence-corrected chi connectivity index (χ2v) is 10.1. The van der Waals surface area contributed by atoms with E-state index in [-0.39, 0.29) is 17.9 Å². The van der Waals surface area contributed by atoms with Crippen LogP contribution in [0.2, 0.25) is 0 Å². The Bertz CT molecular complexity index is 1500. The van der Waals surface area contributed by atoms with Crippen LogP contribution >= 0.6 is 0 Å². The van der Waals surface area contributed by atoms with Gasteiger partial charge >= 0.3 is 0 Å². The zero-order chi connectivity index (χ0) is 26.2. The number of nitrogens with zero attached hydrogens (tertiary/aromatic N) is 2. The lowest BCUT2D eigenvalue weighted by Crippen LogP contribution is -2.32. The van der Waals surface area contributed by atoms with Crippen LogP contribution in [0.1, 0.15) is 64.8 Å². The number of carbonyl (C=O) groups excluding carboxylic acids is 2. The van der Waals surface area contributed by atoms with Gasteiger partial charge in [-0.3, -0.25) is 9.59 Å². The maximum Gasteiger partial charge on any atom is 0.259 e. The van der Waals surface area contributed by atoms with E-state index in [2.05, 4.69) is 10.3 Å². The summed E-state index contributed by atoms with van der Waals surface area (Å²) in [5.41, 5.74) is 5.55. The molecule has 1 aliphatic carbocycles. The topological polar surface area (TPSA) is 87.3 Å². The van der Waals surface area contributed by atoms with Gasteiger partial charge in [0.2, 0.25) is 0 Å². The van der Waals surface area contributed by atoms with Crippen molar-refractivity contribution in [2.75, 3.05) is 16.8 Å². The van der Waals surface area contributed by atoms with Crippen LogP contribution in [0.25, 0.3) is 11.3 Å². The summed E-state index contributed by atoms with van der Waals surface area (Å²) >= 11 is 0. The number of fused-ring (bicyclic) bond motifs is 3. The molecule has 2 N–H and O–H groups in total. The minimum absolute atomic E-state index is 0.0439. The van der Waals surface area contributed by atoms with Crippen molar-refractivity contribution in [1.29, 1.82) is 0 Å². The lowest BCUT2D eigenvalue weighted by molar-refractivity contribution is 0.0986. The first-order valence-electron chi connectivity index (χ1n) is 13.1. The van der Waals surface area contributed by atoms with Crippen molar-refractivity contribution in [3.05, 3.63) is 95.4 Å². The number of para-hydroxylation sites is 2. The minimum atomic E-state index is -0.263. The molecule has 192 valence electrons. The van der Waals surface area contributed by atoms with Crippen molar-refractivity contribution < 1.29 is 14.3 Å². The molecule has 1 fully saturated rings. The van der Waals surface area contributed by atoms with Crippen molar-refractivity contribution >= 4 is 23.2 Å². The van der Waals surface area contributed by atoms with Crippen LogP contribution in [0.3, 0.4) is 0 Å². The molecule has 4 aromatic rings. The van der Waals surface area contributed by atoms with Crippen molar-refractivity contribution in [2.24, 2.45) is 0 Å². The second kappa shape index (κ2) is 9.82. The van der Waals surface area contributed by atoms with Crippen molar-refractivity contribution in [3.8, 4) is 17.0 Å². The Balaban J connectivity index is 1.21. The van der Waals surface area contributed by atoms with Gasteiger partial charge < -0.3 is 19.9 Å². The molecule has 0 bridgehead atoms. The quantitative estimate of drug-likeness (QED) is 0.326. The molecule has 6 rings (SSSR count). The molecule has 0 spiro atoms. The van der Waals surface area contributed by atoms with E-state index in [0.717, 1.165) is 28.5 Å². The van der Waals surface area contributed by atoms with Crippen molar-refractivity contribution in [3.63, 3.8) is 0 Å². The van der Waals surface area contributed by atoms with Gasteiger partial charge in [-0.2, -0.15) is 0 Å². The third-order valence-corrected chi connectivity index (χ3v) is 6.93. The van der Waals surface area contributed by atoms with Gasteiger partial charge in [-0.1, -0.05) is 30.3 Å². The molecule has 2 amide bonds. The zero-order valence-corrected chi connectivity index (χ0v) is 21.5. The molecule has 3 aromatic carbocycles. The molecule has 7 nitrogen and oxygen atoms in total. The Morgan fingerprint density at radius 3 is 2.50 bits per heavy atom. The van der Waals surface area contributed by atoms with E-state index >= 15 is 0 Å². The van der Waals surface area contributed by atoms with Gasteiger partial charge in [-0.25, -0.2) is 4.98 Å². The van der Waals surface area contributed by atoms with Gasteiger partial charge in [-0.15, -0.1) is 0 Å². The second-order valence-electron chi connectivity index (χ2n) is 10.1. The van der Waals surface area contributed by atoms with Gasteiger partial charge in [0.15, 0.2) is 0 Å². The lowest BCUT2D eigenvalue weighted by Gasteiger charge is -2.23. The molecule has 0 atom stereocenters. The van der Waals surface area contributed by atoms with Crippen LogP contribution in [0.4, 0.5) is 11.4 Å². The number of nitrogens with one attached hydrogen (secondary N) is 2. The lowest BCUT2D eigenvalue weighted by atomic mass is 10.1. The number of aromatic amines is 1. The standard InChI is InChI=1S/C31H30N4O3/c1-19(2)38-27-10-6-4-8-24(27)30(36)32-22-15-13-21(14-16-22)31(37)35-18-17-25-28(23-7-3-5-9-26(23)35)34-29(33-25)20-11-12-20/h3-10,13-16,19-20H,11-12,17-18H2,1-2H3,(H,32,36)(H,33,34). The Hall–Kier alpha value is -4.39. The maximum absolute atomic E-state index is 13.7. The van der Waals surface area contributed by atoms with Gasteiger partial charge in [-0.05, 0) is 69.2 Å². The first-order valence-corrected chi connectivity index (χ1v) is 13.1. The number of rotatable bonds is 6. The normalized spacial score (nSPS) is 14.4. The molecule has 1 saturated carbocycles. The summed E-state index contributed by atoms with van der Waals surface area (Å²) in [5, 5.41) is 2.91. The molecule has 0 unspecified atom stereocenters. The number of hydrogen-bond acceptors (Lipinski definition) is 4. The minimum Gasteiger partial charge on any atom is -0.490 e. The fourth-order valence-electron chi connectivity index (χ4n) is 4.91. The van der Waals surface area contributed by atoms with E-state index in [1.165, 1.54) is 12.8 Å². The zero-order valence-electron chi connectivity index (χ0n) is 21.5. The van der Waals surface area contributed by atoms with Crippen molar-refractivity contribution in [2.45, 2.75) is 45.1 Å². The number of aromatic nitrogens is 2. The summed E-state index contributed by atoms with van der Waals surface area (Å²) in [5.74, 6) is 1.80. The molecular formula is C31H30N4O3. The average molecular weight is 507 g/mol. The van der Waals surface area contributed by atoms with E-state index in [0.29, 0.717) is 41.4 Å². The first kappa shape index (κ1) is 24.0. The van der Waals surface area contributed by atoms with E-state index in [9.17, 15) is 9.59 Å². The third-order valence-electron chi connectivity index (χ3n) is 6.93. The van der Waals surface area contributed by atoms with Gasteiger partial charge in [0.1, 0.15) is 11.6 Å². The van der Waals surface area contributed by atoms with Crippen LogP contribution in [-0.2, 0) is 6.42 Å². The highest BCUT2D eigenvalue weighted by Gasteiger charge is 2.31. The van der Waals surface area contributed by atoms with Crippen LogP contribution < -0.4 is 15.0 Å². The Morgan fingerprint density at radius 1 is 1.00 bits per heavy atom. The predicted octanol–water partition coefficient (Wildman–Crippen LogP) is 6.20.